The second-order valence-corrected chi connectivity index (χ2v) is 8.09. The molecule has 2 aromatic rings. The Kier molecular flexibility index (Phi) is 6.57. The average molecular weight is 391 g/mol. The van der Waals surface area contributed by atoms with Gasteiger partial charge in [0.1, 0.15) is 5.82 Å². The lowest BCUT2D eigenvalue weighted by molar-refractivity contribution is -0.120. The number of amides is 1. The second kappa shape index (κ2) is 8.91. The molecule has 7 nitrogen and oxygen atoms in total. The van der Waals surface area contributed by atoms with Gasteiger partial charge in [0.15, 0.2) is 5.16 Å². The summed E-state index contributed by atoms with van der Waals surface area (Å²) in [4.78, 5) is 12.3. The highest BCUT2D eigenvalue weighted by Crippen LogP contribution is 2.33. The van der Waals surface area contributed by atoms with Gasteiger partial charge in [0.2, 0.25) is 5.91 Å². The predicted octanol–water partition coefficient (Wildman–Crippen LogP) is 2.76. The largest absolute Gasteiger partial charge is 0.356 e. The molecule has 0 spiro atoms. The molecule has 3 rings (SSSR count). The van der Waals surface area contributed by atoms with Gasteiger partial charge in [-0.05, 0) is 39.4 Å². The summed E-state index contributed by atoms with van der Waals surface area (Å²) in [5.41, 5.74) is 3.01. The van der Waals surface area contributed by atoms with Crippen LogP contribution in [0.15, 0.2) is 5.16 Å². The SMILES string of the molecule is CSc1nnc(CCCNC(=O)Cc2c(C)nn(C)c2C)n1C1CCCC1. The summed E-state index contributed by atoms with van der Waals surface area (Å²) >= 11 is 1.66. The van der Waals surface area contributed by atoms with Crippen LogP contribution in [0.2, 0.25) is 0 Å². The van der Waals surface area contributed by atoms with Crippen molar-refractivity contribution in [2.75, 3.05) is 12.8 Å². The fourth-order valence-corrected chi connectivity index (χ4v) is 4.49. The van der Waals surface area contributed by atoms with E-state index in [4.69, 9.17) is 0 Å². The summed E-state index contributed by atoms with van der Waals surface area (Å²) in [5, 5.41) is 17.2. The normalized spacial score (nSPS) is 14.8. The number of aromatic nitrogens is 5. The standard InChI is InChI=1S/C19H30N6OS/c1-13-16(14(2)24(3)23-13)12-18(26)20-11-7-10-17-21-22-19(27-4)25(17)15-8-5-6-9-15/h15H,5-12H2,1-4H3,(H,20,26). The maximum atomic E-state index is 12.3. The highest BCUT2D eigenvalue weighted by atomic mass is 32.2. The number of thioether (sulfide) groups is 1. The van der Waals surface area contributed by atoms with Crippen molar-refractivity contribution in [3.05, 3.63) is 22.8 Å². The fourth-order valence-electron chi connectivity index (χ4n) is 3.92. The first-order valence-electron chi connectivity index (χ1n) is 9.74. The molecular weight excluding hydrogens is 360 g/mol. The Hall–Kier alpha value is -1.83. The van der Waals surface area contributed by atoms with Crippen LogP contribution >= 0.6 is 11.8 Å². The lowest BCUT2D eigenvalue weighted by Crippen LogP contribution is -2.27. The third-order valence-corrected chi connectivity index (χ3v) is 6.15. The molecule has 27 heavy (non-hydrogen) atoms. The number of carbonyl (C=O) groups is 1. The van der Waals surface area contributed by atoms with E-state index >= 15 is 0 Å². The molecule has 1 aliphatic carbocycles. The number of nitrogens with zero attached hydrogens (tertiary/aromatic N) is 5. The predicted molar refractivity (Wildman–Crippen MR) is 107 cm³/mol. The molecule has 0 saturated heterocycles. The minimum Gasteiger partial charge on any atom is -0.356 e. The van der Waals surface area contributed by atoms with Crippen molar-refractivity contribution >= 4 is 17.7 Å². The van der Waals surface area contributed by atoms with Crippen molar-refractivity contribution in [2.24, 2.45) is 7.05 Å². The van der Waals surface area contributed by atoms with Crippen LogP contribution in [0, 0.1) is 13.8 Å². The van der Waals surface area contributed by atoms with Gasteiger partial charge in [-0.1, -0.05) is 24.6 Å². The first-order chi connectivity index (χ1) is 13.0. The van der Waals surface area contributed by atoms with Crippen molar-refractivity contribution in [2.45, 2.75) is 70.0 Å². The van der Waals surface area contributed by atoms with Crippen molar-refractivity contribution in [3.63, 3.8) is 0 Å². The molecule has 0 aromatic carbocycles. The minimum atomic E-state index is 0.0521. The lowest BCUT2D eigenvalue weighted by Gasteiger charge is -2.16. The van der Waals surface area contributed by atoms with Gasteiger partial charge in [0.25, 0.3) is 0 Å². The van der Waals surface area contributed by atoms with Crippen LogP contribution < -0.4 is 5.32 Å². The quantitative estimate of drug-likeness (QED) is 0.554. The van der Waals surface area contributed by atoms with Gasteiger partial charge in [0, 0.05) is 37.3 Å². The van der Waals surface area contributed by atoms with E-state index in [1.807, 2.05) is 25.6 Å². The Balaban J connectivity index is 1.50. The summed E-state index contributed by atoms with van der Waals surface area (Å²) < 4.78 is 4.17. The average Bonchev–Trinajstić information content (AvgIpc) is 3.35. The van der Waals surface area contributed by atoms with E-state index in [1.54, 1.807) is 11.8 Å². The molecule has 1 N–H and O–H groups in total. The molecule has 8 heteroatoms. The van der Waals surface area contributed by atoms with E-state index in [1.165, 1.54) is 25.7 Å². The summed E-state index contributed by atoms with van der Waals surface area (Å²) in [6.45, 7) is 4.61. The summed E-state index contributed by atoms with van der Waals surface area (Å²) in [5.74, 6) is 1.11. The number of hydrogen-bond acceptors (Lipinski definition) is 5. The van der Waals surface area contributed by atoms with Gasteiger partial charge >= 0.3 is 0 Å². The lowest BCUT2D eigenvalue weighted by atomic mass is 10.1. The van der Waals surface area contributed by atoms with Gasteiger partial charge in [-0.2, -0.15) is 5.10 Å². The zero-order valence-corrected chi connectivity index (χ0v) is 17.6. The molecule has 1 saturated carbocycles. The van der Waals surface area contributed by atoms with Crippen molar-refractivity contribution in [3.8, 4) is 0 Å². The number of nitrogens with one attached hydrogen (secondary N) is 1. The molecular formula is C19H30N6OS. The van der Waals surface area contributed by atoms with E-state index in [0.29, 0.717) is 19.0 Å². The van der Waals surface area contributed by atoms with Gasteiger partial charge in [-0.25, -0.2) is 0 Å². The van der Waals surface area contributed by atoms with Crippen LogP contribution in [0.1, 0.15) is 60.9 Å². The van der Waals surface area contributed by atoms with E-state index in [2.05, 4.69) is 31.4 Å². The Morgan fingerprint density at radius 2 is 2.00 bits per heavy atom. The van der Waals surface area contributed by atoms with Crippen molar-refractivity contribution in [1.82, 2.24) is 29.9 Å². The van der Waals surface area contributed by atoms with Crippen molar-refractivity contribution in [1.29, 1.82) is 0 Å². The highest BCUT2D eigenvalue weighted by molar-refractivity contribution is 7.98. The van der Waals surface area contributed by atoms with Gasteiger partial charge in [-0.3, -0.25) is 9.48 Å². The maximum absolute atomic E-state index is 12.3. The third kappa shape index (κ3) is 4.54. The van der Waals surface area contributed by atoms with Crippen molar-refractivity contribution < 1.29 is 4.79 Å². The first-order valence-corrected chi connectivity index (χ1v) is 11.0. The minimum absolute atomic E-state index is 0.0521. The summed E-state index contributed by atoms with van der Waals surface area (Å²) in [6, 6.07) is 0.545. The zero-order valence-electron chi connectivity index (χ0n) is 16.8. The summed E-state index contributed by atoms with van der Waals surface area (Å²) in [6.07, 6.45) is 9.19. The first kappa shape index (κ1) is 19.9. The van der Waals surface area contributed by atoms with Gasteiger partial charge in [-0.15, -0.1) is 10.2 Å². The fraction of sp³-hybridized carbons (Fsp3) is 0.684. The zero-order chi connectivity index (χ0) is 19.4. The number of rotatable bonds is 8. The van der Waals surface area contributed by atoms with E-state index in [9.17, 15) is 4.79 Å². The Morgan fingerprint density at radius 3 is 2.63 bits per heavy atom. The highest BCUT2D eigenvalue weighted by Gasteiger charge is 2.23. The maximum Gasteiger partial charge on any atom is 0.224 e. The van der Waals surface area contributed by atoms with Gasteiger partial charge < -0.3 is 9.88 Å². The molecule has 2 aromatic heterocycles. The molecule has 0 bridgehead atoms. The second-order valence-electron chi connectivity index (χ2n) is 7.31. The van der Waals surface area contributed by atoms with Crippen LogP contribution in [0.5, 0.6) is 0 Å². The summed E-state index contributed by atoms with van der Waals surface area (Å²) in [7, 11) is 1.91. The van der Waals surface area contributed by atoms with Crippen LogP contribution in [0.3, 0.4) is 0 Å². The van der Waals surface area contributed by atoms with E-state index in [-0.39, 0.29) is 5.91 Å². The van der Waals surface area contributed by atoms with Crippen LogP contribution in [-0.2, 0) is 24.7 Å². The number of aryl methyl sites for hydroxylation is 3. The van der Waals surface area contributed by atoms with E-state index < -0.39 is 0 Å². The molecule has 2 heterocycles. The van der Waals surface area contributed by atoms with Gasteiger partial charge in [0.05, 0.1) is 12.1 Å². The Bertz CT molecular complexity index is 790. The molecule has 1 aliphatic rings. The molecule has 0 radical (unpaired) electrons. The monoisotopic (exact) mass is 390 g/mol. The van der Waals surface area contributed by atoms with Crippen LogP contribution in [0.25, 0.3) is 0 Å². The Labute approximate surface area is 165 Å². The Morgan fingerprint density at radius 1 is 1.26 bits per heavy atom. The molecule has 1 amide bonds. The third-order valence-electron chi connectivity index (χ3n) is 5.50. The molecule has 0 aliphatic heterocycles. The van der Waals surface area contributed by atoms with E-state index in [0.717, 1.165) is 40.8 Å². The van der Waals surface area contributed by atoms with Crippen LogP contribution in [-0.4, -0.2) is 43.3 Å². The topological polar surface area (TPSA) is 77.6 Å². The molecule has 0 atom stereocenters. The molecule has 1 fully saturated rings. The smallest absolute Gasteiger partial charge is 0.224 e. The van der Waals surface area contributed by atoms with Crippen LogP contribution in [0.4, 0.5) is 0 Å². The number of carbonyl (C=O) groups excluding carboxylic acids is 1. The number of hydrogen-bond donors (Lipinski definition) is 1. The molecule has 0 unspecified atom stereocenters. The molecule has 148 valence electrons.